The second kappa shape index (κ2) is 11.9. The van der Waals surface area contributed by atoms with E-state index in [2.05, 4.69) is 20.4 Å². The lowest BCUT2D eigenvalue weighted by Crippen LogP contribution is -2.58. The number of benzene rings is 1. The maximum Gasteiger partial charge on any atom is 0.344 e. The van der Waals surface area contributed by atoms with E-state index in [0.717, 1.165) is 43.0 Å². The number of aliphatic carboxylic acids is 1. The molecule has 220 valence electrons. The molecule has 1 amide bonds. The van der Waals surface area contributed by atoms with E-state index < -0.39 is 24.0 Å². The number of hydrogen-bond acceptors (Lipinski definition) is 7. The summed E-state index contributed by atoms with van der Waals surface area (Å²) < 4.78 is 1.83. The molecule has 0 radical (unpaired) electrons. The summed E-state index contributed by atoms with van der Waals surface area (Å²) in [5.41, 5.74) is 0.480. The second-order valence-electron chi connectivity index (χ2n) is 12.5. The van der Waals surface area contributed by atoms with Gasteiger partial charge in [-0.25, -0.2) is 9.78 Å². The average molecular weight is 564 g/mol. The van der Waals surface area contributed by atoms with E-state index in [1.54, 1.807) is 0 Å². The lowest BCUT2D eigenvalue weighted by molar-refractivity contribution is -0.142. The SMILES string of the molecule is CNC(=O)/C(=N\OCC(=O)O)c1nc2ccccc2n(C2C[C@H]3CCC[C@@H](C2)N3C2C[C@H]3CCCC[C@@H](C2)C3)c1=O. The van der Waals surface area contributed by atoms with Crippen molar-refractivity contribution in [2.24, 2.45) is 17.0 Å². The topological polar surface area (TPSA) is 126 Å². The summed E-state index contributed by atoms with van der Waals surface area (Å²) in [5.74, 6) is -0.170. The molecular formula is C31H41N5O5. The summed E-state index contributed by atoms with van der Waals surface area (Å²) >= 11 is 0. The van der Waals surface area contributed by atoms with Crippen LogP contribution in [0.25, 0.3) is 11.0 Å². The number of oxime groups is 1. The van der Waals surface area contributed by atoms with Crippen molar-refractivity contribution >= 4 is 28.6 Å². The van der Waals surface area contributed by atoms with E-state index in [1.807, 2.05) is 28.8 Å². The van der Waals surface area contributed by atoms with Gasteiger partial charge < -0.3 is 19.8 Å². The number of fused-ring (bicyclic) bond motifs is 5. The molecule has 10 nitrogen and oxygen atoms in total. The Hall–Kier alpha value is -3.27. The molecule has 6 rings (SSSR count). The fourth-order valence-electron chi connectivity index (χ4n) is 8.44. The minimum Gasteiger partial charge on any atom is -0.479 e. The van der Waals surface area contributed by atoms with Gasteiger partial charge in [0.2, 0.25) is 6.61 Å². The van der Waals surface area contributed by atoms with E-state index in [9.17, 15) is 14.4 Å². The zero-order chi connectivity index (χ0) is 28.5. The molecule has 2 saturated heterocycles. The highest BCUT2D eigenvalue weighted by Crippen LogP contribution is 2.47. The van der Waals surface area contributed by atoms with Crippen LogP contribution < -0.4 is 10.9 Å². The largest absolute Gasteiger partial charge is 0.479 e. The number of likely N-dealkylation sites (N-methyl/N-ethyl adjacent to an activating group) is 1. The van der Waals surface area contributed by atoms with Gasteiger partial charge in [0.05, 0.1) is 11.0 Å². The van der Waals surface area contributed by atoms with Gasteiger partial charge in [-0.15, -0.1) is 0 Å². The van der Waals surface area contributed by atoms with Crippen LogP contribution >= 0.6 is 0 Å². The predicted octanol–water partition coefficient (Wildman–Crippen LogP) is 3.86. The van der Waals surface area contributed by atoms with Gasteiger partial charge in [0.1, 0.15) is 0 Å². The summed E-state index contributed by atoms with van der Waals surface area (Å²) in [6.07, 6.45) is 14.9. The molecule has 2 aliphatic heterocycles. The molecule has 3 heterocycles. The predicted molar refractivity (Wildman–Crippen MR) is 155 cm³/mol. The monoisotopic (exact) mass is 563 g/mol. The third-order valence-electron chi connectivity index (χ3n) is 9.95. The Morgan fingerprint density at radius 3 is 2.29 bits per heavy atom. The molecule has 1 aromatic heterocycles. The molecule has 41 heavy (non-hydrogen) atoms. The molecular weight excluding hydrogens is 522 g/mol. The number of hydrogen-bond donors (Lipinski definition) is 2. The summed E-state index contributed by atoms with van der Waals surface area (Å²) in [7, 11) is 1.42. The molecule has 2 N–H and O–H groups in total. The number of carboxylic acids is 1. The van der Waals surface area contributed by atoms with E-state index in [4.69, 9.17) is 9.94 Å². The van der Waals surface area contributed by atoms with Crippen molar-refractivity contribution in [3.8, 4) is 0 Å². The summed E-state index contributed by atoms with van der Waals surface area (Å²) in [6, 6.07) is 8.99. The molecule has 10 heteroatoms. The van der Waals surface area contributed by atoms with Gasteiger partial charge in [0.25, 0.3) is 11.5 Å². The Balaban J connectivity index is 1.35. The van der Waals surface area contributed by atoms with E-state index >= 15 is 0 Å². The number of nitrogens with zero attached hydrogens (tertiary/aromatic N) is 4. The number of piperidine rings is 2. The molecule has 4 fully saturated rings. The summed E-state index contributed by atoms with van der Waals surface area (Å²) in [5, 5.41) is 15.2. The van der Waals surface area contributed by atoms with Crippen LogP contribution in [0.4, 0.5) is 0 Å². The summed E-state index contributed by atoms with van der Waals surface area (Å²) in [4.78, 5) is 50.3. The Bertz CT molecular complexity index is 1360. The standard InChI is InChI=1S/C31H41N5O5/c1-32-30(39)28(34-41-18-27(37)38)29-31(40)36(26-12-5-4-11-25(26)33-29)24-16-21-9-6-10-22(17-24)35(21)23-14-19-7-2-3-8-20(13-19)15-23/h4-5,11-12,19-24H,2-3,6-10,13-18H2,1H3,(H,32,39)(H,37,38)/b34-28-/t19-,20+,21-,22+,23?,24?. The Morgan fingerprint density at radius 1 is 0.951 bits per heavy atom. The van der Waals surface area contributed by atoms with E-state index in [0.29, 0.717) is 23.6 Å². The van der Waals surface area contributed by atoms with Gasteiger partial charge in [-0.3, -0.25) is 14.5 Å². The molecule has 1 aromatic carbocycles. The van der Waals surface area contributed by atoms with Gasteiger partial charge in [-0.2, -0.15) is 0 Å². The van der Waals surface area contributed by atoms with Gasteiger partial charge in [0.15, 0.2) is 11.4 Å². The number of rotatable bonds is 7. The first-order chi connectivity index (χ1) is 19.9. The van der Waals surface area contributed by atoms with Crippen LogP contribution in [0.2, 0.25) is 0 Å². The normalized spacial score (nSPS) is 30.4. The van der Waals surface area contributed by atoms with Gasteiger partial charge in [-0.1, -0.05) is 49.4 Å². The van der Waals surface area contributed by atoms with Crippen molar-refractivity contribution in [3.05, 3.63) is 40.3 Å². The minimum absolute atomic E-state index is 0.0301. The first kappa shape index (κ1) is 27.9. The maximum absolute atomic E-state index is 14.2. The third kappa shape index (κ3) is 5.63. The average Bonchev–Trinajstić information content (AvgIpc) is 3.13. The Morgan fingerprint density at radius 2 is 1.63 bits per heavy atom. The number of amides is 1. The first-order valence-corrected chi connectivity index (χ1v) is 15.4. The zero-order valence-electron chi connectivity index (χ0n) is 23.8. The van der Waals surface area contributed by atoms with Gasteiger partial charge in [-0.05, 0) is 68.9 Å². The number of nitrogens with one attached hydrogen (secondary N) is 1. The lowest BCUT2D eigenvalue weighted by Gasteiger charge is -2.54. The van der Waals surface area contributed by atoms with Gasteiger partial charge in [0, 0.05) is 31.2 Å². The van der Waals surface area contributed by atoms with Gasteiger partial charge >= 0.3 is 5.97 Å². The van der Waals surface area contributed by atoms with Crippen molar-refractivity contribution in [3.63, 3.8) is 0 Å². The maximum atomic E-state index is 14.2. The molecule has 0 spiro atoms. The first-order valence-electron chi connectivity index (χ1n) is 15.4. The lowest BCUT2D eigenvalue weighted by atomic mass is 9.73. The van der Waals surface area contributed by atoms with Crippen molar-refractivity contribution in [2.75, 3.05) is 13.7 Å². The second-order valence-corrected chi connectivity index (χ2v) is 12.5. The minimum atomic E-state index is -1.23. The fourth-order valence-corrected chi connectivity index (χ4v) is 8.44. The highest BCUT2D eigenvalue weighted by Gasteiger charge is 2.45. The fraction of sp³-hybridized carbons (Fsp3) is 0.645. The van der Waals surface area contributed by atoms with Crippen LogP contribution in [0, 0.1) is 11.8 Å². The van der Waals surface area contributed by atoms with Crippen LogP contribution in [-0.2, 0) is 14.4 Å². The van der Waals surface area contributed by atoms with Crippen molar-refractivity contribution in [1.29, 1.82) is 0 Å². The molecule has 4 bridgehead atoms. The molecule has 2 aliphatic carbocycles. The number of aromatic nitrogens is 2. The Kier molecular flexibility index (Phi) is 8.10. The Labute approximate surface area is 240 Å². The highest BCUT2D eigenvalue weighted by molar-refractivity contribution is 6.44. The van der Waals surface area contributed by atoms with Crippen LogP contribution in [-0.4, -0.2) is 68.9 Å². The zero-order valence-corrected chi connectivity index (χ0v) is 23.8. The quantitative estimate of drug-likeness (QED) is 0.387. The van der Waals surface area contributed by atoms with E-state index in [-0.39, 0.29) is 17.4 Å². The number of carbonyl (C=O) groups excluding carboxylic acids is 1. The van der Waals surface area contributed by atoms with Crippen LogP contribution in [0.15, 0.2) is 34.2 Å². The third-order valence-corrected chi connectivity index (χ3v) is 9.95. The van der Waals surface area contributed by atoms with Crippen LogP contribution in [0.1, 0.15) is 88.8 Å². The summed E-state index contributed by atoms with van der Waals surface area (Å²) in [6.45, 7) is -0.729. The number of carboxylic acid groups (broad SMARTS) is 1. The smallest absolute Gasteiger partial charge is 0.344 e. The molecule has 2 saturated carbocycles. The van der Waals surface area contributed by atoms with Crippen molar-refractivity contribution in [1.82, 2.24) is 19.8 Å². The van der Waals surface area contributed by atoms with Crippen molar-refractivity contribution in [2.45, 2.75) is 101 Å². The molecule has 2 aromatic rings. The van der Waals surface area contributed by atoms with Crippen LogP contribution in [0.5, 0.6) is 0 Å². The molecule has 4 aliphatic rings. The molecule has 2 unspecified atom stereocenters. The molecule has 6 atom stereocenters. The number of para-hydroxylation sites is 2. The van der Waals surface area contributed by atoms with Crippen LogP contribution in [0.3, 0.4) is 0 Å². The number of carbonyl (C=O) groups is 2. The van der Waals surface area contributed by atoms with E-state index in [1.165, 1.54) is 58.4 Å². The van der Waals surface area contributed by atoms with Crippen molar-refractivity contribution < 1.29 is 19.5 Å². The highest BCUT2D eigenvalue weighted by atomic mass is 16.6.